The molecule has 1 heterocycles. The molecule has 0 saturated heterocycles. The lowest BCUT2D eigenvalue weighted by Crippen LogP contribution is -2.11. The van der Waals surface area contributed by atoms with E-state index in [2.05, 4.69) is 15.2 Å². The van der Waals surface area contributed by atoms with Crippen molar-refractivity contribution in [1.29, 1.82) is 0 Å². The van der Waals surface area contributed by atoms with Crippen molar-refractivity contribution in [3.8, 4) is 0 Å². The van der Waals surface area contributed by atoms with E-state index < -0.39 is 0 Å². The number of nitrogens with zero attached hydrogens (tertiary/aromatic N) is 2. The van der Waals surface area contributed by atoms with E-state index in [1.807, 2.05) is 13.8 Å². The molecule has 1 unspecified atom stereocenters. The van der Waals surface area contributed by atoms with Crippen molar-refractivity contribution in [3.05, 3.63) is 12.2 Å². The van der Waals surface area contributed by atoms with Gasteiger partial charge < -0.3 is 0 Å². The molecule has 0 aliphatic rings. The van der Waals surface area contributed by atoms with Crippen LogP contribution in [0.25, 0.3) is 0 Å². The molecule has 0 aliphatic heterocycles. The molecule has 0 spiro atoms. The van der Waals surface area contributed by atoms with Crippen LogP contribution in [0.15, 0.2) is 6.33 Å². The summed E-state index contributed by atoms with van der Waals surface area (Å²) < 4.78 is 0. The fourth-order valence-electron chi connectivity index (χ4n) is 0.743. The van der Waals surface area contributed by atoms with Gasteiger partial charge in [0.25, 0.3) is 0 Å². The first-order valence-electron chi connectivity index (χ1n) is 3.65. The Morgan fingerprint density at radius 3 is 3.00 bits per heavy atom. The fraction of sp³-hybridized carbons (Fsp3) is 0.571. The van der Waals surface area contributed by atoms with Crippen LogP contribution in [0.3, 0.4) is 0 Å². The molecule has 1 aromatic heterocycles. The second kappa shape index (κ2) is 3.27. The molecular formula is C7H11N3O. The van der Waals surface area contributed by atoms with Gasteiger partial charge in [0.05, 0.1) is 0 Å². The minimum atomic E-state index is 0.0305. The van der Waals surface area contributed by atoms with Crippen molar-refractivity contribution < 1.29 is 4.79 Å². The van der Waals surface area contributed by atoms with Crippen LogP contribution in [0.5, 0.6) is 0 Å². The van der Waals surface area contributed by atoms with Gasteiger partial charge in [-0.05, 0) is 6.42 Å². The highest BCUT2D eigenvalue weighted by Crippen LogP contribution is 2.06. The van der Waals surface area contributed by atoms with E-state index in [1.54, 1.807) is 0 Å². The van der Waals surface area contributed by atoms with Gasteiger partial charge in [-0.3, -0.25) is 9.89 Å². The lowest BCUT2D eigenvalue weighted by atomic mass is 10.0. The molecule has 0 amide bonds. The Labute approximate surface area is 65.0 Å². The maximum absolute atomic E-state index is 11.3. The molecular weight excluding hydrogens is 142 g/mol. The lowest BCUT2D eigenvalue weighted by Gasteiger charge is -2.02. The van der Waals surface area contributed by atoms with E-state index >= 15 is 0 Å². The summed E-state index contributed by atoms with van der Waals surface area (Å²) in [4.78, 5) is 15.1. The van der Waals surface area contributed by atoms with Gasteiger partial charge in [0, 0.05) is 5.92 Å². The number of aromatic nitrogens is 3. The number of aromatic amines is 1. The molecule has 60 valence electrons. The largest absolute Gasteiger partial charge is 0.290 e. The van der Waals surface area contributed by atoms with Crippen molar-refractivity contribution in [3.63, 3.8) is 0 Å². The van der Waals surface area contributed by atoms with Crippen molar-refractivity contribution in [2.75, 3.05) is 0 Å². The lowest BCUT2D eigenvalue weighted by molar-refractivity contribution is 0.0917. The van der Waals surface area contributed by atoms with Gasteiger partial charge in [-0.1, -0.05) is 13.8 Å². The van der Waals surface area contributed by atoms with Crippen LogP contribution < -0.4 is 0 Å². The van der Waals surface area contributed by atoms with Crippen LogP contribution >= 0.6 is 0 Å². The van der Waals surface area contributed by atoms with E-state index in [0.717, 1.165) is 6.42 Å². The van der Waals surface area contributed by atoms with Gasteiger partial charge >= 0.3 is 0 Å². The Bertz CT molecular complexity index is 230. The molecule has 4 nitrogen and oxygen atoms in total. The number of nitrogens with one attached hydrogen (secondary N) is 1. The molecule has 0 aliphatic carbocycles. The first kappa shape index (κ1) is 7.91. The number of Topliss-reactive ketones (excluding diaryl/α,β-unsaturated/α-hetero) is 1. The summed E-state index contributed by atoms with van der Waals surface area (Å²) >= 11 is 0. The third-order valence-electron chi connectivity index (χ3n) is 1.71. The fourth-order valence-corrected chi connectivity index (χ4v) is 0.743. The van der Waals surface area contributed by atoms with Crippen LogP contribution in [0.1, 0.15) is 30.9 Å². The zero-order valence-corrected chi connectivity index (χ0v) is 6.66. The average Bonchev–Trinajstić information content (AvgIpc) is 2.53. The first-order chi connectivity index (χ1) is 5.25. The van der Waals surface area contributed by atoms with Gasteiger partial charge in [0.1, 0.15) is 6.33 Å². The molecule has 1 aromatic rings. The zero-order chi connectivity index (χ0) is 8.27. The third kappa shape index (κ3) is 1.63. The molecule has 0 radical (unpaired) electrons. The van der Waals surface area contributed by atoms with Crippen molar-refractivity contribution in [2.45, 2.75) is 20.3 Å². The Morgan fingerprint density at radius 1 is 1.82 bits per heavy atom. The van der Waals surface area contributed by atoms with Gasteiger partial charge in [0.15, 0.2) is 5.82 Å². The highest BCUT2D eigenvalue weighted by molar-refractivity contribution is 5.93. The van der Waals surface area contributed by atoms with Crippen LogP contribution in [-0.2, 0) is 0 Å². The molecule has 11 heavy (non-hydrogen) atoms. The Kier molecular flexibility index (Phi) is 2.36. The van der Waals surface area contributed by atoms with Crippen molar-refractivity contribution in [2.24, 2.45) is 5.92 Å². The van der Waals surface area contributed by atoms with Crippen molar-refractivity contribution >= 4 is 5.78 Å². The normalized spacial score (nSPS) is 12.9. The first-order valence-corrected chi connectivity index (χ1v) is 3.65. The summed E-state index contributed by atoms with van der Waals surface area (Å²) in [5.74, 6) is 0.423. The maximum Gasteiger partial charge on any atom is 0.202 e. The topological polar surface area (TPSA) is 58.6 Å². The Morgan fingerprint density at radius 2 is 2.55 bits per heavy atom. The summed E-state index contributed by atoms with van der Waals surface area (Å²) in [7, 11) is 0. The van der Waals surface area contributed by atoms with E-state index in [-0.39, 0.29) is 11.7 Å². The molecule has 1 N–H and O–H groups in total. The third-order valence-corrected chi connectivity index (χ3v) is 1.71. The number of hydrogen-bond acceptors (Lipinski definition) is 3. The highest BCUT2D eigenvalue weighted by atomic mass is 16.1. The minimum Gasteiger partial charge on any atom is -0.290 e. The molecule has 0 aromatic carbocycles. The summed E-state index contributed by atoms with van der Waals surface area (Å²) in [5, 5.41) is 6.14. The molecule has 4 heteroatoms. The number of hydrogen-bond donors (Lipinski definition) is 1. The number of carbonyl (C=O) groups is 1. The van der Waals surface area contributed by atoms with Crippen LogP contribution in [0.2, 0.25) is 0 Å². The van der Waals surface area contributed by atoms with E-state index in [4.69, 9.17) is 0 Å². The number of rotatable bonds is 3. The molecule has 0 bridgehead atoms. The monoisotopic (exact) mass is 153 g/mol. The van der Waals surface area contributed by atoms with Crippen LogP contribution in [-0.4, -0.2) is 21.0 Å². The van der Waals surface area contributed by atoms with Gasteiger partial charge in [-0.2, -0.15) is 5.10 Å². The smallest absolute Gasteiger partial charge is 0.202 e. The Balaban J connectivity index is 2.70. The molecule has 1 atom stereocenters. The average molecular weight is 153 g/mol. The number of H-pyrrole nitrogens is 1. The summed E-state index contributed by atoms with van der Waals surface area (Å²) in [6.07, 6.45) is 2.18. The second-order valence-corrected chi connectivity index (χ2v) is 2.51. The number of carbonyl (C=O) groups excluding carboxylic acids is 1. The van der Waals surface area contributed by atoms with Crippen LogP contribution in [0, 0.1) is 5.92 Å². The second-order valence-electron chi connectivity index (χ2n) is 2.51. The predicted molar refractivity (Wildman–Crippen MR) is 40.2 cm³/mol. The summed E-state index contributed by atoms with van der Waals surface area (Å²) in [5.41, 5.74) is 0. The van der Waals surface area contributed by atoms with E-state index in [9.17, 15) is 4.79 Å². The standard InChI is InChI=1S/C7H11N3O/c1-3-5(2)6(11)7-8-4-9-10-7/h4-5H,3H2,1-2H3,(H,8,9,10). The minimum absolute atomic E-state index is 0.0305. The maximum atomic E-state index is 11.3. The summed E-state index contributed by atoms with van der Waals surface area (Å²) in [6.45, 7) is 3.85. The van der Waals surface area contributed by atoms with Gasteiger partial charge in [-0.15, -0.1) is 0 Å². The SMILES string of the molecule is CCC(C)C(=O)c1ncn[nH]1. The van der Waals surface area contributed by atoms with Gasteiger partial charge in [0.2, 0.25) is 5.78 Å². The van der Waals surface area contributed by atoms with E-state index in [0.29, 0.717) is 5.82 Å². The molecule has 0 saturated carbocycles. The molecule has 0 fully saturated rings. The zero-order valence-electron chi connectivity index (χ0n) is 6.66. The Hall–Kier alpha value is -1.19. The molecule has 1 rings (SSSR count). The quantitative estimate of drug-likeness (QED) is 0.660. The summed E-state index contributed by atoms with van der Waals surface area (Å²) in [6, 6.07) is 0. The van der Waals surface area contributed by atoms with Crippen LogP contribution in [0.4, 0.5) is 0 Å². The van der Waals surface area contributed by atoms with Gasteiger partial charge in [-0.25, -0.2) is 4.98 Å². The number of ketones is 1. The van der Waals surface area contributed by atoms with Crippen molar-refractivity contribution in [1.82, 2.24) is 15.2 Å². The van der Waals surface area contributed by atoms with E-state index in [1.165, 1.54) is 6.33 Å². The predicted octanol–water partition coefficient (Wildman–Crippen LogP) is 1.03. The highest BCUT2D eigenvalue weighted by Gasteiger charge is 2.14.